The number of nitrogens with one attached hydrogen (secondary N) is 2. The van der Waals surface area contributed by atoms with Gasteiger partial charge >= 0.3 is 12.3 Å². The van der Waals surface area contributed by atoms with Gasteiger partial charge in [-0.15, -0.1) is 0 Å². The molecule has 2 aliphatic heterocycles. The molecule has 1 aromatic carbocycles. The van der Waals surface area contributed by atoms with E-state index in [9.17, 15) is 22.4 Å². The lowest BCUT2D eigenvalue weighted by atomic mass is 10.1. The van der Waals surface area contributed by atoms with Crippen molar-refractivity contribution in [3.05, 3.63) is 29.6 Å². The van der Waals surface area contributed by atoms with E-state index in [2.05, 4.69) is 10.6 Å². The summed E-state index contributed by atoms with van der Waals surface area (Å²) in [6, 6.07) is 2.67. The molecule has 2 heterocycles. The van der Waals surface area contributed by atoms with Gasteiger partial charge in [0.25, 0.3) is 0 Å². The minimum atomic E-state index is -4.50. The lowest BCUT2D eigenvalue weighted by Crippen LogP contribution is -2.48. The van der Waals surface area contributed by atoms with E-state index in [1.165, 1.54) is 6.07 Å². The molecule has 2 N–H and O–H groups in total. The maximum absolute atomic E-state index is 13.6. The van der Waals surface area contributed by atoms with Crippen LogP contribution in [0.15, 0.2) is 18.2 Å². The summed E-state index contributed by atoms with van der Waals surface area (Å²) >= 11 is 0. The second-order valence-electron chi connectivity index (χ2n) is 8.12. The van der Waals surface area contributed by atoms with Crippen molar-refractivity contribution < 1.29 is 27.1 Å². The molecule has 0 spiro atoms. The fourth-order valence-corrected chi connectivity index (χ4v) is 3.02. The molecule has 170 valence electrons. The highest BCUT2D eigenvalue weighted by molar-refractivity contribution is 5.68. The first-order valence-corrected chi connectivity index (χ1v) is 9.98. The Bertz CT molecular complexity index is 695. The lowest BCUT2D eigenvalue weighted by Gasteiger charge is -2.30. The number of carbonyl (C=O) groups is 1. The number of piperazine rings is 2. The van der Waals surface area contributed by atoms with Gasteiger partial charge in [0.05, 0.1) is 11.3 Å². The van der Waals surface area contributed by atoms with Crippen LogP contribution in [0.1, 0.15) is 26.3 Å². The van der Waals surface area contributed by atoms with Gasteiger partial charge in [-0.25, -0.2) is 9.18 Å². The molecule has 2 aliphatic rings. The van der Waals surface area contributed by atoms with Crippen molar-refractivity contribution in [2.75, 3.05) is 57.3 Å². The predicted octanol–water partition coefficient (Wildman–Crippen LogP) is 3.08. The summed E-state index contributed by atoms with van der Waals surface area (Å²) in [5, 5.41) is 6.28. The van der Waals surface area contributed by atoms with Crippen LogP contribution in [0.25, 0.3) is 0 Å². The number of amides is 1. The van der Waals surface area contributed by atoms with Crippen LogP contribution < -0.4 is 15.5 Å². The number of hydrogen-bond donors (Lipinski definition) is 2. The minimum Gasteiger partial charge on any atom is -0.444 e. The Labute approximate surface area is 174 Å². The van der Waals surface area contributed by atoms with E-state index in [0.717, 1.165) is 32.2 Å². The highest BCUT2D eigenvalue weighted by Gasteiger charge is 2.31. The molecule has 0 aliphatic carbocycles. The van der Waals surface area contributed by atoms with Crippen molar-refractivity contribution in [2.24, 2.45) is 0 Å². The molecule has 0 unspecified atom stereocenters. The molecule has 30 heavy (non-hydrogen) atoms. The molecule has 0 saturated carbocycles. The summed E-state index contributed by atoms with van der Waals surface area (Å²) in [5.74, 6) is -0.818. The monoisotopic (exact) mass is 434 g/mol. The van der Waals surface area contributed by atoms with E-state index in [-0.39, 0.29) is 17.4 Å². The van der Waals surface area contributed by atoms with E-state index >= 15 is 0 Å². The Hall–Kier alpha value is -2.07. The highest BCUT2D eigenvalue weighted by Crippen LogP contribution is 2.32. The summed E-state index contributed by atoms with van der Waals surface area (Å²) in [4.78, 5) is 15.0. The molecule has 1 amide bonds. The van der Waals surface area contributed by atoms with Crippen molar-refractivity contribution >= 4 is 11.8 Å². The molecule has 2 saturated heterocycles. The van der Waals surface area contributed by atoms with Crippen LogP contribution in [0.5, 0.6) is 0 Å². The summed E-state index contributed by atoms with van der Waals surface area (Å²) in [6.45, 7) is 11.5. The quantitative estimate of drug-likeness (QED) is 0.666. The number of rotatable bonds is 1. The smallest absolute Gasteiger partial charge is 0.416 e. The highest BCUT2D eigenvalue weighted by atomic mass is 19.4. The molecule has 3 rings (SSSR count). The summed E-state index contributed by atoms with van der Waals surface area (Å²) in [6.07, 6.45) is -4.70. The molecule has 0 bridgehead atoms. The maximum atomic E-state index is 13.6. The van der Waals surface area contributed by atoms with Crippen molar-refractivity contribution in [3.63, 3.8) is 0 Å². The zero-order valence-corrected chi connectivity index (χ0v) is 17.6. The van der Waals surface area contributed by atoms with E-state index in [0.29, 0.717) is 32.2 Å². The Morgan fingerprint density at radius 1 is 0.967 bits per heavy atom. The topological polar surface area (TPSA) is 56.8 Å². The van der Waals surface area contributed by atoms with Crippen LogP contribution in [-0.2, 0) is 10.9 Å². The fourth-order valence-electron chi connectivity index (χ4n) is 3.02. The van der Waals surface area contributed by atoms with Gasteiger partial charge in [0.15, 0.2) is 0 Å². The molecule has 0 aromatic heterocycles. The van der Waals surface area contributed by atoms with Crippen LogP contribution >= 0.6 is 0 Å². The van der Waals surface area contributed by atoms with Crippen molar-refractivity contribution in [2.45, 2.75) is 32.5 Å². The summed E-state index contributed by atoms with van der Waals surface area (Å²) in [7, 11) is 0. The van der Waals surface area contributed by atoms with Crippen molar-refractivity contribution in [1.29, 1.82) is 0 Å². The van der Waals surface area contributed by atoms with Crippen LogP contribution in [-0.4, -0.2) is 69.0 Å². The predicted molar refractivity (Wildman–Crippen MR) is 107 cm³/mol. The zero-order chi connectivity index (χ0) is 22.4. The van der Waals surface area contributed by atoms with Gasteiger partial charge in [0.1, 0.15) is 11.4 Å². The SMILES string of the molecule is CC(C)(C)OC(=O)N1CCNCC1.Fc1cc(C(F)(F)F)ccc1N1CCNCC1. The molecule has 6 nitrogen and oxygen atoms in total. The third-order valence-electron chi connectivity index (χ3n) is 4.50. The standard InChI is InChI=1S/C11H12F4N2.C9H18N2O2/c12-9-7-8(11(13,14)15)1-2-10(9)17-5-3-16-4-6-17;1-9(2,3)13-8(12)11-6-4-10-5-7-11/h1-2,7,16H,3-6H2;10H,4-7H2,1-3H3. The molecule has 2 fully saturated rings. The normalized spacial score (nSPS) is 17.8. The average molecular weight is 434 g/mol. The first-order chi connectivity index (χ1) is 14.0. The average Bonchev–Trinajstić information content (AvgIpc) is 2.68. The number of hydrogen-bond acceptors (Lipinski definition) is 5. The third kappa shape index (κ3) is 7.64. The number of benzene rings is 1. The van der Waals surface area contributed by atoms with E-state index in [1.807, 2.05) is 20.8 Å². The van der Waals surface area contributed by atoms with Crippen LogP contribution in [0.3, 0.4) is 0 Å². The van der Waals surface area contributed by atoms with Gasteiger partial charge in [0, 0.05) is 52.4 Å². The van der Waals surface area contributed by atoms with Crippen molar-refractivity contribution in [1.82, 2.24) is 15.5 Å². The van der Waals surface area contributed by atoms with Crippen molar-refractivity contribution in [3.8, 4) is 0 Å². The van der Waals surface area contributed by atoms with E-state index in [4.69, 9.17) is 4.74 Å². The number of nitrogens with zero attached hydrogens (tertiary/aromatic N) is 2. The first-order valence-electron chi connectivity index (χ1n) is 9.98. The second kappa shape index (κ2) is 10.3. The van der Waals surface area contributed by atoms with Gasteiger partial charge in [-0.05, 0) is 39.0 Å². The van der Waals surface area contributed by atoms with Gasteiger partial charge < -0.3 is 25.2 Å². The fraction of sp³-hybridized carbons (Fsp3) is 0.650. The first kappa shape index (κ1) is 24.2. The molecule has 10 heteroatoms. The second-order valence-corrected chi connectivity index (χ2v) is 8.12. The van der Waals surface area contributed by atoms with E-state index in [1.54, 1.807) is 9.80 Å². The van der Waals surface area contributed by atoms with Gasteiger partial charge in [-0.1, -0.05) is 0 Å². The number of carbonyl (C=O) groups excluding carboxylic acids is 1. The van der Waals surface area contributed by atoms with Gasteiger partial charge in [0.2, 0.25) is 0 Å². The Morgan fingerprint density at radius 2 is 1.50 bits per heavy atom. The lowest BCUT2D eigenvalue weighted by molar-refractivity contribution is -0.137. The Morgan fingerprint density at radius 3 is 1.97 bits per heavy atom. The maximum Gasteiger partial charge on any atom is 0.416 e. The third-order valence-corrected chi connectivity index (χ3v) is 4.50. The molecule has 1 aromatic rings. The summed E-state index contributed by atoms with van der Waals surface area (Å²) < 4.78 is 55.9. The van der Waals surface area contributed by atoms with Crippen LogP contribution in [0, 0.1) is 5.82 Å². The minimum absolute atomic E-state index is 0.200. The zero-order valence-electron chi connectivity index (χ0n) is 17.6. The molecule has 0 atom stereocenters. The largest absolute Gasteiger partial charge is 0.444 e. The Balaban J connectivity index is 0.000000222. The Kier molecular flexibility index (Phi) is 8.31. The number of anilines is 1. The number of ether oxygens (including phenoxy) is 1. The number of alkyl halides is 3. The van der Waals surface area contributed by atoms with Gasteiger partial charge in [-0.2, -0.15) is 13.2 Å². The van der Waals surface area contributed by atoms with Crippen LogP contribution in [0.4, 0.5) is 28.0 Å². The number of halogens is 4. The molecular weight excluding hydrogens is 404 g/mol. The van der Waals surface area contributed by atoms with E-state index < -0.39 is 17.6 Å². The van der Waals surface area contributed by atoms with Crippen LogP contribution in [0.2, 0.25) is 0 Å². The molecule has 0 radical (unpaired) electrons. The molecular formula is C20H30F4N4O2. The summed E-state index contributed by atoms with van der Waals surface area (Å²) in [5.41, 5.74) is -1.10. The van der Waals surface area contributed by atoms with Gasteiger partial charge in [-0.3, -0.25) is 0 Å².